The average Bonchev–Trinajstić information content (AvgIpc) is 2.42. The highest BCUT2D eigenvalue weighted by atomic mass is 19.1. The number of aromatic nitrogens is 1. The number of halogens is 1. The third kappa shape index (κ3) is 3.40. The number of nitrogens with one attached hydrogen (secondary N) is 1. The summed E-state index contributed by atoms with van der Waals surface area (Å²) >= 11 is 0. The number of benzene rings is 1. The van der Waals surface area contributed by atoms with Crippen molar-refractivity contribution >= 4 is 0 Å². The van der Waals surface area contributed by atoms with Crippen molar-refractivity contribution in [1.82, 2.24) is 10.4 Å². The lowest BCUT2D eigenvalue weighted by Gasteiger charge is -2.19. The summed E-state index contributed by atoms with van der Waals surface area (Å²) in [5.74, 6) is 5.41. The number of aryl methyl sites for hydroxylation is 3. The van der Waals surface area contributed by atoms with E-state index in [1.54, 1.807) is 12.3 Å². The maximum Gasteiger partial charge on any atom is 0.128 e. The van der Waals surface area contributed by atoms with Gasteiger partial charge < -0.3 is 0 Å². The summed E-state index contributed by atoms with van der Waals surface area (Å²) in [6, 6.07) is 9.11. The van der Waals surface area contributed by atoms with E-state index in [1.807, 2.05) is 38.1 Å². The average molecular weight is 273 g/mol. The molecular formula is C16H20FN3. The normalized spacial score (nSPS) is 12.4. The van der Waals surface area contributed by atoms with Crippen molar-refractivity contribution in [2.24, 2.45) is 5.84 Å². The molecule has 0 aliphatic carbocycles. The van der Waals surface area contributed by atoms with Crippen LogP contribution in [-0.2, 0) is 6.42 Å². The molecule has 20 heavy (non-hydrogen) atoms. The van der Waals surface area contributed by atoms with Gasteiger partial charge >= 0.3 is 0 Å². The molecule has 106 valence electrons. The Kier molecular flexibility index (Phi) is 4.82. The Labute approximate surface area is 119 Å². The second-order valence-electron chi connectivity index (χ2n) is 5.06. The molecule has 0 aliphatic rings. The van der Waals surface area contributed by atoms with Crippen LogP contribution in [0, 0.1) is 19.7 Å². The van der Waals surface area contributed by atoms with Gasteiger partial charge in [-0.3, -0.25) is 16.3 Å². The van der Waals surface area contributed by atoms with Crippen molar-refractivity contribution in [1.29, 1.82) is 0 Å². The van der Waals surface area contributed by atoms with E-state index in [2.05, 4.69) is 10.4 Å². The lowest BCUT2D eigenvalue weighted by atomic mass is 9.95. The fourth-order valence-electron chi connectivity index (χ4n) is 2.52. The zero-order valence-electron chi connectivity index (χ0n) is 11.9. The summed E-state index contributed by atoms with van der Waals surface area (Å²) in [5, 5.41) is 0. The van der Waals surface area contributed by atoms with Crippen molar-refractivity contribution in [3.05, 3.63) is 64.7 Å². The highest BCUT2D eigenvalue weighted by molar-refractivity contribution is 5.34. The summed E-state index contributed by atoms with van der Waals surface area (Å²) in [4.78, 5) is 4.28. The van der Waals surface area contributed by atoms with Crippen molar-refractivity contribution in [2.45, 2.75) is 32.7 Å². The van der Waals surface area contributed by atoms with E-state index >= 15 is 0 Å². The summed E-state index contributed by atoms with van der Waals surface area (Å²) in [6.07, 6.45) is 3.22. The van der Waals surface area contributed by atoms with E-state index < -0.39 is 0 Å². The first-order chi connectivity index (χ1) is 9.61. The number of hydrazine groups is 1. The molecular weight excluding hydrogens is 253 g/mol. The van der Waals surface area contributed by atoms with Gasteiger partial charge in [-0.25, -0.2) is 4.39 Å². The molecule has 0 saturated carbocycles. The Morgan fingerprint density at radius 1 is 1.30 bits per heavy atom. The standard InChI is InChI=1S/C16H20FN3/c1-11-9-12(2)16(14(17)10-11)15(20-18)7-6-13-5-3-4-8-19-13/h3-5,8-10,15,20H,6-7,18H2,1-2H3. The smallest absolute Gasteiger partial charge is 0.128 e. The third-order valence-corrected chi connectivity index (χ3v) is 3.45. The van der Waals surface area contributed by atoms with Gasteiger partial charge in [-0.15, -0.1) is 0 Å². The Balaban J connectivity index is 2.17. The summed E-state index contributed by atoms with van der Waals surface area (Å²) in [7, 11) is 0. The predicted octanol–water partition coefficient (Wildman–Crippen LogP) is 2.97. The van der Waals surface area contributed by atoms with Gasteiger partial charge in [0, 0.05) is 23.5 Å². The van der Waals surface area contributed by atoms with Gasteiger partial charge in [0.1, 0.15) is 5.82 Å². The maximum atomic E-state index is 14.2. The molecule has 1 heterocycles. The SMILES string of the molecule is Cc1cc(C)c(C(CCc2ccccn2)NN)c(F)c1. The van der Waals surface area contributed by atoms with Gasteiger partial charge in [-0.1, -0.05) is 12.1 Å². The largest absolute Gasteiger partial charge is 0.271 e. The molecule has 1 aromatic carbocycles. The summed E-state index contributed by atoms with van der Waals surface area (Å²) in [6.45, 7) is 3.80. The molecule has 4 heteroatoms. The quantitative estimate of drug-likeness (QED) is 0.650. The molecule has 0 radical (unpaired) electrons. The molecule has 2 aromatic rings. The van der Waals surface area contributed by atoms with E-state index in [0.29, 0.717) is 12.0 Å². The Morgan fingerprint density at radius 2 is 2.10 bits per heavy atom. The Hall–Kier alpha value is -1.78. The van der Waals surface area contributed by atoms with Crippen LogP contribution in [0.3, 0.4) is 0 Å². The summed E-state index contributed by atoms with van der Waals surface area (Å²) in [5.41, 5.74) is 6.20. The van der Waals surface area contributed by atoms with Crippen molar-refractivity contribution < 1.29 is 4.39 Å². The lowest BCUT2D eigenvalue weighted by molar-refractivity contribution is 0.480. The molecule has 1 atom stereocenters. The van der Waals surface area contributed by atoms with Gasteiger partial charge in [0.2, 0.25) is 0 Å². The molecule has 1 aromatic heterocycles. The van der Waals surface area contributed by atoms with Crippen LogP contribution in [-0.4, -0.2) is 4.98 Å². The minimum atomic E-state index is -0.211. The van der Waals surface area contributed by atoms with Crippen LogP contribution in [0.4, 0.5) is 4.39 Å². The van der Waals surface area contributed by atoms with Crippen LogP contribution >= 0.6 is 0 Å². The molecule has 0 fully saturated rings. The van der Waals surface area contributed by atoms with E-state index in [1.165, 1.54) is 0 Å². The van der Waals surface area contributed by atoms with Crippen molar-refractivity contribution in [3.63, 3.8) is 0 Å². The molecule has 3 N–H and O–H groups in total. The van der Waals surface area contributed by atoms with Gasteiger partial charge in [-0.2, -0.15) is 0 Å². The van der Waals surface area contributed by atoms with E-state index in [4.69, 9.17) is 5.84 Å². The summed E-state index contributed by atoms with van der Waals surface area (Å²) < 4.78 is 14.2. The monoisotopic (exact) mass is 273 g/mol. The Morgan fingerprint density at radius 3 is 2.70 bits per heavy atom. The second-order valence-corrected chi connectivity index (χ2v) is 5.06. The molecule has 0 aliphatic heterocycles. The third-order valence-electron chi connectivity index (χ3n) is 3.45. The molecule has 1 unspecified atom stereocenters. The van der Waals surface area contributed by atoms with Crippen LogP contribution in [0.25, 0.3) is 0 Å². The first-order valence-electron chi connectivity index (χ1n) is 6.74. The van der Waals surface area contributed by atoms with E-state index in [9.17, 15) is 4.39 Å². The lowest BCUT2D eigenvalue weighted by Crippen LogP contribution is -2.30. The first kappa shape index (κ1) is 14.6. The minimum Gasteiger partial charge on any atom is -0.271 e. The number of nitrogens with zero attached hydrogens (tertiary/aromatic N) is 1. The van der Waals surface area contributed by atoms with Gasteiger partial charge in [-0.05, 0) is 56.0 Å². The first-order valence-corrected chi connectivity index (χ1v) is 6.74. The predicted molar refractivity (Wildman–Crippen MR) is 78.5 cm³/mol. The van der Waals surface area contributed by atoms with E-state index in [0.717, 1.165) is 23.2 Å². The van der Waals surface area contributed by atoms with Crippen molar-refractivity contribution in [2.75, 3.05) is 0 Å². The van der Waals surface area contributed by atoms with Crippen LogP contribution in [0.2, 0.25) is 0 Å². The van der Waals surface area contributed by atoms with Crippen molar-refractivity contribution in [3.8, 4) is 0 Å². The second kappa shape index (κ2) is 6.59. The number of hydrogen-bond donors (Lipinski definition) is 2. The highest BCUT2D eigenvalue weighted by Gasteiger charge is 2.17. The fourth-order valence-corrected chi connectivity index (χ4v) is 2.52. The molecule has 3 nitrogen and oxygen atoms in total. The number of pyridine rings is 1. The van der Waals surface area contributed by atoms with E-state index in [-0.39, 0.29) is 11.9 Å². The fraction of sp³-hybridized carbons (Fsp3) is 0.312. The zero-order chi connectivity index (χ0) is 14.5. The number of nitrogens with two attached hydrogens (primary N) is 1. The van der Waals surface area contributed by atoms with Gasteiger partial charge in [0.05, 0.1) is 0 Å². The highest BCUT2D eigenvalue weighted by Crippen LogP contribution is 2.25. The van der Waals surface area contributed by atoms with Gasteiger partial charge in [0.15, 0.2) is 0 Å². The van der Waals surface area contributed by atoms with Crippen LogP contribution in [0.1, 0.15) is 34.8 Å². The van der Waals surface area contributed by atoms with Gasteiger partial charge in [0.25, 0.3) is 0 Å². The molecule has 0 spiro atoms. The topological polar surface area (TPSA) is 50.9 Å². The zero-order valence-corrected chi connectivity index (χ0v) is 11.9. The molecule has 0 saturated heterocycles. The Bertz CT molecular complexity index is 546. The minimum absolute atomic E-state index is 0.202. The molecule has 0 amide bonds. The maximum absolute atomic E-state index is 14.2. The molecule has 2 rings (SSSR count). The number of rotatable bonds is 5. The van der Waals surface area contributed by atoms with Crippen LogP contribution < -0.4 is 11.3 Å². The molecule has 0 bridgehead atoms. The van der Waals surface area contributed by atoms with Crippen LogP contribution in [0.15, 0.2) is 36.5 Å². The number of hydrogen-bond acceptors (Lipinski definition) is 3. The van der Waals surface area contributed by atoms with Crippen LogP contribution in [0.5, 0.6) is 0 Å².